The van der Waals surface area contributed by atoms with Crippen molar-refractivity contribution in [3.63, 3.8) is 0 Å². The molecule has 0 spiro atoms. The van der Waals surface area contributed by atoms with Crippen molar-refractivity contribution in [2.45, 2.75) is 0 Å². The lowest BCUT2D eigenvalue weighted by molar-refractivity contribution is -0.384. The molecule has 0 aliphatic rings. The maximum absolute atomic E-state index is 11.4. The molecule has 21 heavy (non-hydrogen) atoms. The molecule has 0 aromatic carbocycles. The molecule has 0 bridgehead atoms. The van der Waals surface area contributed by atoms with Crippen LogP contribution in [0.5, 0.6) is 0 Å². The summed E-state index contributed by atoms with van der Waals surface area (Å²) in [5, 5.41) is 11.1. The van der Waals surface area contributed by atoms with Crippen molar-refractivity contribution in [3.05, 3.63) is 26.9 Å². The zero-order chi connectivity index (χ0) is 16.0. The molecular weight excluding hydrogens is 350 g/mol. The second-order valence-corrected chi connectivity index (χ2v) is 4.68. The van der Waals surface area contributed by atoms with Crippen LogP contribution in [-0.4, -0.2) is 49.2 Å². The van der Waals surface area contributed by atoms with Gasteiger partial charge in [0.2, 0.25) is 5.82 Å². The zero-order valence-electron chi connectivity index (χ0n) is 11.2. The third-order valence-corrected chi connectivity index (χ3v) is 2.84. The van der Waals surface area contributed by atoms with Gasteiger partial charge in [0.15, 0.2) is 0 Å². The number of methoxy groups -OCH3 is 2. The highest BCUT2D eigenvalue weighted by molar-refractivity contribution is 9.10. The summed E-state index contributed by atoms with van der Waals surface area (Å²) in [6.07, 6.45) is 1.32. The van der Waals surface area contributed by atoms with E-state index in [0.717, 1.165) is 4.90 Å². The fourth-order valence-corrected chi connectivity index (χ4v) is 1.77. The molecule has 1 heterocycles. The Morgan fingerprint density at radius 3 is 2.29 bits per heavy atom. The van der Waals surface area contributed by atoms with E-state index in [0.29, 0.717) is 4.47 Å². The van der Waals surface area contributed by atoms with Crippen molar-refractivity contribution < 1.29 is 24.0 Å². The number of hydrogen-bond acceptors (Lipinski definition) is 8. The SMILES string of the molecule is COC(=O)CN(CC(=O)OC)c1ncc(Br)cc1[N+](=O)[O-]. The number of esters is 2. The highest BCUT2D eigenvalue weighted by Gasteiger charge is 2.25. The topological polar surface area (TPSA) is 112 Å². The Kier molecular flexibility index (Phi) is 6.03. The normalized spacial score (nSPS) is 9.86. The Morgan fingerprint density at radius 1 is 1.33 bits per heavy atom. The first-order valence-corrected chi connectivity index (χ1v) is 6.36. The molecule has 0 atom stereocenters. The smallest absolute Gasteiger partial charge is 0.325 e. The lowest BCUT2D eigenvalue weighted by atomic mass is 10.3. The summed E-state index contributed by atoms with van der Waals surface area (Å²) in [5.74, 6) is -1.46. The van der Waals surface area contributed by atoms with Gasteiger partial charge in [-0.1, -0.05) is 0 Å². The number of carbonyl (C=O) groups is 2. The largest absolute Gasteiger partial charge is 0.468 e. The van der Waals surface area contributed by atoms with E-state index in [-0.39, 0.29) is 24.6 Å². The van der Waals surface area contributed by atoms with Gasteiger partial charge < -0.3 is 14.4 Å². The van der Waals surface area contributed by atoms with E-state index in [4.69, 9.17) is 0 Å². The molecule has 1 aromatic rings. The van der Waals surface area contributed by atoms with Gasteiger partial charge in [-0.2, -0.15) is 0 Å². The van der Waals surface area contributed by atoms with Gasteiger partial charge in [0.25, 0.3) is 0 Å². The van der Waals surface area contributed by atoms with Gasteiger partial charge >= 0.3 is 17.6 Å². The van der Waals surface area contributed by atoms with Crippen LogP contribution in [-0.2, 0) is 19.1 Å². The van der Waals surface area contributed by atoms with Gasteiger partial charge in [-0.15, -0.1) is 0 Å². The number of pyridine rings is 1. The standard InChI is InChI=1S/C11H12BrN3O6/c1-20-9(16)5-14(6-10(17)21-2)11-8(15(18)19)3-7(12)4-13-11/h3-4H,5-6H2,1-2H3. The Labute approximate surface area is 128 Å². The molecule has 0 N–H and O–H groups in total. The molecule has 1 aromatic heterocycles. The summed E-state index contributed by atoms with van der Waals surface area (Å²) >= 11 is 3.07. The maximum atomic E-state index is 11.4. The fraction of sp³-hybridized carbons (Fsp3) is 0.364. The Balaban J connectivity index is 3.21. The van der Waals surface area contributed by atoms with Crippen LogP contribution in [0.1, 0.15) is 0 Å². The van der Waals surface area contributed by atoms with Crippen molar-refractivity contribution in [2.24, 2.45) is 0 Å². The Bertz CT molecular complexity index is 547. The summed E-state index contributed by atoms with van der Waals surface area (Å²) in [6, 6.07) is 1.23. The maximum Gasteiger partial charge on any atom is 0.325 e. The van der Waals surface area contributed by atoms with Gasteiger partial charge in [-0.3, -0.25) is 19.7 Å². The van der Waals surface area contributed by atoms with Crippen LogP contribution in [0.3, 0.4) is 0 Å². The summed E-state index contributed by atoms with van der Waals surface area (Å²) in [6.45, 7) is -0.748. The predicted octanol–water partition coefficient (Wildman–Crippen LogP) is 0.905. The monoisotopic (exact) mass is 361 g/mol. The number of hydrogen-bond donors (Lipinski definition) is 0. The number of halogens is 1. The summed E-state index contributed by atoms with van der Waals surface area (Å²) in [4.78, 5) is 38.2. The number of anilines is 1. The minimum atomic E-state index is -0.669. The first-order valence-electron chi connectivity index (χ1n) is 5.57. The first kappa shape index (κ1) is 16.8. The van der Waals surface area contributed by atoms with Crippen LogP contribution in [0.2, 0.25) is 0 Å². The third kappa shape index (κ3) is 4.67. The van der Waals surface area contributed by atoms with Crippen LogP contribution < -0.4 is 4.90 Å². The van der Waals surface area contributed by atoms with Crippen molar-refractivity contribution in [3.8, 4) is 0 Å². The molecule has 1 rings (SSSR count). The molecule has 0 amide bonds. The van der Waals surface area contributed by atoms with Crippen LogP contribution in [0.25, 0.3) is 0 Å². The van der Waals surface area contributed by atoms with Crippen LogP contribution in [0.4, 0.5) is 11.5 Å². The zero-order valence-corrected chi connectivity index (χ0v) is 12.8. The summed E-state index contributed by atoms with van der Waals surface area (Å²) < 4.78 is 9.40. The third-order valence-electron chi connectivity index (χ3n) is 2.41. The lowest BCUT2D eigenvalue weighted by Crippen LogP contribution is -2.36. The first-order chi connectivity index (χ1) is 9.88. The van der Waals surface area contributed by atoms with Crippen LogP contribution >= 0.6 is 15.9 Å². The molecule has 0 unspecified atom stereocenters. The molecule has 0 aliphatic heterocycles. The van der Waals surface area contributed by atoms with Gasteiger partial charge in [-0.25, -0.2) is 4.98 Å². The van der Waals surface area contributed by atoms with Gasteiger partial charge in [0, 0.05) is 16.7 Å². The summed E-state index contributed by atoms with van der Waals surface area (Å²) in [7, 11) is 2.34. The molecule has 0 saturated heterocycles. The molecule has 9 nitrogen and oxygen atoms in total. The molecule has 114 valence electrons. The molecule has 10 heteroatoms. The number of nitro groups is 1. The highest BCUT2D eigenvalue weighted by Crippen LogP contribution is 2.28. The Hall–Kier alpha value is -2.23. The van der Waals surface area contributed by atoms with E-state index in [2.05, 4.69) is 30.4 Å². The lowest BCUT2D eigenvalue weighted by Gasteiger charge is -2.20. The average Bonchev–Trinajstić information content (AvgIpc) is 2.45. The van der Waals surface area contributed by atoms with E-state index in [1.165, 1.54) is 26.5 Å². The van der Waals surface area contributed by atoms with E-state index in [9.17, 15) is 19.7 Å². The minimum absolute atomic E-state index is 0.126. The van der Waals surface area contributed by atoms with Gasteiger partial charge in [0.1, 0.15) is 13.1 Å². The van der Waals surface area contributed by atoms with E-state index in [1.807, 2.05) is 0 Å². The number of rotatable bonds is 6. The average molecular weight is 362 g/mol. The van der Waals surface area contributed by atoms with E-state index >= 15 is 0 Å². The Morgan fingerprint density at radius 2 is 1.86 bits per heavy atom. The molecular formula is C11H12BrN3O6. The van der Waals surface area contributed by atoms with Crippen LogP contribution in [0, 0.1) is 10.1 Å². The molecule has 0 saturated carbocycles. The molecule has 0 aliphatic carbocycles. The summed E-state index contributed by atoms with van der Waals surface area (Å²) in [5.41, 5.74) is -0.350. The number of nitrogens with zero attached hydrogens (tertiary/aromatic N) is 3. The van der Waals surface area contributed by atoms with Crippen LogP contribution in [0.15, 0.2) is 16.7 Å². The number of aromatic nitrogens is 1. The number of carbonyl (C=O) groups excluding carboxylic acids is 2. The highest BCUT2D eigenvalue weighted by atomic mass is 79.9. The second-order valence-electron chi connectivity index (χ2n) is 3.76. The quantitative estimate of drug-likeness (QED) is 0.417. The second kappa shape index (κ2) is 7.53. The van der Waals surface area contributed by atoms with E-state index in [1.54, 1.807) is 0 Å². The van der Waals surface area contributed by atoms with Gasteiger partial charge in [0.05, 0.1) is 19.1 Å². The molecule has 0 fully saturated rings. The van der Waals surface area contributed by atoms with Gasteiger partial charge in [-0.05, 0) is 15.9 Å². The minimum Gasteiger partial charge on any atom is -0.468 e. The van der Waals surface area contributed by atoms with Crippen molar-refractivity contribution in [1.82, 2.24) is 4.98 Å². The van der Waals surface area contributed by atoms with Crippen molar-refractivity contribution >= 4 is 39.4 Å². The molecule has 0 radical (unpaired) electrons. The fourth-order valence-electron chi connectivity index (χ4n) is 1.45. The predicted molar refractivity (Wildman–Crippen MR) is 74.8 cm³/mol. The van der Waals surface area contributed by atoms with Crippen molar-refractivity contribution in [1.29, 1.82) is 0 Å². The van der Waals surface area contributed by atoms with Crippen molar-refractivity contribution in [2.75, 3.05) is 32.2 Å². The number of ether oxygens (including phenoxy) is 2. The van der Waals surface area contributed by atoms with E-state index < -0.39 is 16.9 Å².